The molecule has 2 nitrogen and oxygen atoms in total. The van der Waals surface area contributed by atoms with Gasteiger partial charge >= 0.3 is 0 Å². The second-order valence-electron chi connectivity index (χ2n) is 4.59. The number of nitrogens with zero attached hydrogens (tertiary/aromatic N) is 1. The molecule has 4 heteroatoms. The van der Waals surface area contributed by atoms with Crippen LogP contribution in [0.5, 0.6) is 0 Å². The molecule has 0 amide bonds. The van der Waals surface area contributed by atoms with Gasteiger partial charge in [0.2, 0.25) is 0 Å². The molecule has 0 aliphatic heterocycles. The van der Waals surface area contributed by atoms with E-state index in [0.717, 1.165) is 17.6 Å². The summed E-state index contributed by atoms with van der Waals surface area (Å²) in [5.41, 5.74) is 8.52. The van der Waals surface area contributed by atoms with Gasteiger partial charge in [0.05, 0.1) is 6.54 Å². The van der Waals surface area contributed by atoms with Gasteiger partial charge < -0.3 is 10.6 Å². The van der Waals surface area contributed by atoms with Crippen molar-refractivity contribution < 1.29 is 0 Å². The van der Waals surface area contributed by atoms with Crippen LogP contribution in [-0.2, 0) is 6.54 Å². The van der Waals surface area contributed by atoms with Crippen molar-refractivity contribution in [2.24, 2.45) is 5.73 Å². The lowest BCUT2D eigenvalue weighted by atomic mass is 10.1. The van der Waals surface area contributed by atoms with Gasteiger partial charge in [-0.25, -0.2) is 0 Å². The number of benzene rings is 1. The Balaban J connectivity index is 2.32. The first-order valence-corrected chi connectivity index (χ1v) is 8.11. The molecule has 2 rings (SSSR count). The largest absolute Gasteiger partial charge is 0.366 e. The second kappa shape index (κ2) is 6.55. The van der Waals surface area contributed by atoms with Crippen molar-refractivity contribution in [3.8, 4) is 0 Å². The van der Waals surface area contributed by atoms with Gasteiger partial charge in [0.1, 0.15) is 0 Å². The molecule has 1 heterocycles. The highest BCUT2D eigenvalue weighted by Gasteiger charge is 2.13. The molecule has 2 aromatic rings. The van der Waals surface area contributed by atoms with Crippen LogP contribution in [0.2, 0.25) is 0 Å². The molecule has 19 heavy (non-hydrogen) atoms. The summed E-state index contributed by atoms with van der Waals surface area (Å²) < 4.78 is 1.08. The number of anilines is 1. The standard InChI is InChI=1S/C15H19BrN2S/c1-3-18(10-13-5-4-8-19-13)15-7-6-12(16)9-14(15)11(2)17/h4-9,11H,3,10,17H2,1-2H3. The summed E-state index contributed by atoms with van der Waals surface area (Å²) in [7, 11) is 0. The van der Waals surface area contributed by atoms with Crippen LogP contribution in [0.25, 0.3) is 0 Å². The summed E-state index contributed by atoms with van der Waals surface area (Å²) in [6.07, 6.45) is 0. The molecule has 0 saturated carbocycles. The lowest BCUT2D eigenvalue weighted by Gasteiger charge is -2.26. The minimum absolute atomic E-state index is 0.0323. The van der Waals surface area contributed by atoms with Gasteiger partial charge in [-0.15, -0.1) is 11.3 Å². The molecule has 2 N–H and O–H groups in total. The Kier molecular flexibility index (Phi) is 5.02. The minimum Gasteiger partial charge on any atom is -0.366 e. The molecule has 0 fully saturated rings. The van der Waals surface area contributed by atoms with E-state index in [1.165, 1.54) is 16.1 Å². The SMILES string of the molecule is CCN(Cc1cccs1)c1ccc(Br)cc1C(C)N. The van der Waals surface area contributed by atoms with Gasteiger partial charge in [0.15, 0.2) is 0 Å². The first-order valence-electron chi connectivity index (χ1n) is 6.44. The molecule has 102 valence electrons. The van der Waals surface area contributed by atoms with E-state index < -0.39 is 0 Å². The molecule has 0 aliphatic rings. The number of rotatable bonds is 5. The van der Waals surface area contributed by atoms with Gasteiger partial charge in [-0.2, -0.15) is 0 Å². The Morgan fingerprint density at radius 3 is 2.74 bits per heavy atom. The van der Waals surface area contributed by atoms with Crippen LogP contribution in [-0.4, -0.2) is 6.54 Å². The fraction of sp³-hybridized carbons (Fsp3) is 0.333. The van der Waals surface area contributed by atoms with E-state index in [1.54, 1.807) is 11.3 Å². The normalized spacial score (nSPS) is 12.4. The van der Waals surface area contributed by atoms with Crippen LogP contribution in [0.4, 0.5) is 5.69 Å². The maximum atomic E-state index is 6.10. The zero-order valence-corrected chi connectivity index (χ0v) is 13.7. The first-order chi connectivity index (χ1) is 9.11. The molecule has 0 aliphatic carbocycles. The summed E-state index contributed by atoms with van der Waals surface area (Å²) in [6, 6.07) is 10.7. The van der Waals surface area contributed by atoms with Crippen LogP contribution >= 0.6 is 27.3 Å². The van der Waals surface area contributed by atoms with E-state index in [1.807, 2.05) is 6.92 Å². The molecular weight excluding hydrogens is 320 g/mol. The van der Waals surface area contributed by atoms with Crippen LogP contribution < -0.4 is 10.6 Å². The summed E-state index contributed by atoms with van der Waals surface area (Å²) in [4.78, 5) is 3.75. The van der Waals surface area contributed by atoms with E-state index >= 15 is 0 Å². The van der Waals surface area contributed by atoms with Crippen LogP contribution in [0.15, 0.2) is 40.2 Å². The van der Waals surface area contributed by atoms with E-state index in [0.29, 0.717) is 0 Å². The predicted octanol–water partition coefficient (Wildman–Crippen LogP) is 4.56. The Morgan fingerprint density at radius 1 is 1.37 bits per heavy atom. The molecule has 1 atom stereocenters. The summed E-state index contributed by atoms with van der Waals surface area (Å²) in [6.45, 7) is 6.12. The number of hydrogen-bond donors (Lipinski definition) is 1. The van der Waals surface area contributed by atoms with Crippen molar-refractivity contribution >= 4 is 33.0 Å². The molecule has 0 bridgehead atoms. The first kappa shape index (κ1) is 14.6. The minimum atomic E-state index is 0.0323. The van der Waals surface area contributed by atoms with Crippen molar-refractivity contribution in [3.05, 3.63) is 50.6 Å². The average Bonchev–Trinajstić information content (AvgIpc) is 2.89. The monoisotopic (exact) mass is 338 g/mol. The number of halogens is 1. The van der Waals surface area contributed by atoms with Crippen molar-refractivity contribution in [2.45, 2.75) is 26.4 Å². The smallest absolute Gasteiger partial charge is 0.0522 e. The molecule has 1 unspecified atom stereocenters. The van der Waals surface area contributed by atoms with Crippen molar-refractivity contribution in [2.75, 3.05) is 11.4 Å². The Morgan fingerprint density at radius 2 is 2.16 bits per heavy atom. The molecule has 1 aromatic heterocycles. The number of hydrogen-bond acceptors (Lipinski definition) is 3. The quantitative estimate of drug-likeness (QED) is 0.865. The van der Waals surface area contributed by atoms with Gasteiger partial charge in [0, 0.05) is 27.6 Å². The summed E-state index contributed by atoms with van der Waals surface area (Å²) >= 11 is 5.32. The van der Waals surface area contributed by atoms with Gasteiger partial charge in [0.25, 0.3) is 0 Å². The third-order valence-electron chi connectivity index (χ3n) is 3.13. The van der Waals surface area contributed by atoms with E-state index in [4.69, 9.17) is 5.73 Å². The second-order valence-corrected chi connectivity index (χ2v) is 6.53. The Bertz CT molecular complexity index is 523. The Labute approximate surface area is 127 Å². The fourth-order valence-corrected chi connectivity index (χ4v) is 3.23. The molecule has 0 spiro atoms. The summed E-state index contributed by atoms with van der Waals surface area (Å²) in [5, 5.41) is 2.12. The molecule has 0 saturated heterocycles. The summed E-state index contributed by atoms with van der Waals surface area (Å²) in [5.74, 6) is 0. The van der Waals surface area contributed by atoms with Gasteiger partial charge in [-0.1, -0.05) is 22.0 Å². The predicted molar refractivity (Wildman–Crippen MR) is 87.8 cm³/mol. The van der Waals surface area contributed by atoms with E-state index in [-0.39, 0.29) is 6.04 Å². The van der Waals surface area contributed by atoms with Crippen molar-refractivity contribution in [1.82, 2.24) is 0 Å². The average molecular weight is 339 g/mol. The zero-order valence-electron chi connectivity index (χ0n) is 11.3. The molecule has 1 aromatic carbocycles. The van der Waals surface area contributed by atoms with Crippen LogP contribution in [0.3, 0.4) is 0 Å². The van der Waals surface area contributed by atoms with Gasteiger partial charge in [-0.05, 0) is 49.1 Å². The van der Waals surface area contributed by atoms with Gasteiger partial charge in [-0.3, -0.25) is 0 Å². The van der Waals surface area contributed by atoms with Crippen LogP contribution in [0, 0.1) is 0 Å². The highest BCUT2D eigenvalue weighted by Crippen LogP contribution is 2.30. The van der Waals surface area contributed by atoms with Crippen molar-refractivity contribution in [1.29, 1.82) is 0 Å². The maximum Gasteiger partial charge on any atom is 0.0522 e. The van der Waals surface area contributed by atoms with E-state index in [9.17, 15) is 0 Å². The maximum absolute atomic E-state index is 6.10. The van der Waals surface area contributed by atoms with Crippen LogP contribution in [0.1, 0.15) is 30.3 Å². The topological polar surface area (TPSA) is 29.3 Å². The third kappa shape index (κ3) is 3.59. The highest BCUT2D eigenvalue weighted by molar-refractivity contribution is 9.10. The zero-order chi connectivity index (χ0) is 13.8. The third-order valence-corrected chi connectivity index (χ3v) is 4.48. The Hall–Kier alpha value is -0.840. The van der Waals surface area contributed by atoms with Crippen molar-refractivity contribution in [3.63, 3.8) is 0 Å². The number of nitrogens with two attached hydrogens (primary N) is 1. The number of thiophene rings is 1. The lowest BCUT2D eigenvalue weighted by Crippen LogP contribution is -2.24. The highest BCUT2D eigenvalue weighted by atomic mass is 79.9. The van der Waals surface area contributed by atoms with E-state index in [2.05, 4.69) is 63.5 Å². The lowest BCUT2D eigenvalue weighted by molar-refractivity contribution is 0.781. The molecular formula is C15H19BrN2S. The fourth-order valence-electron chi connectivity index (χ4n) is 2.14. The molecule has 0 radical (unpaired) electrons.